The van der Waals surface area contributed by atoms with Crippen LogP contribution in [-0.4, -0.2) is 34.8 Å². The number of aliphatic hydroxyl groups excluding tert-OH is 1. The van der Waals surface area contributed by atoms with Crippen molar-refractivity contribution in [3.05, 3.63) is 0 Å². The van der Waals surface area contributed by atoms with E-state index in [0.29, 0.717) is 6.04 Å². The van der Waals surface area contributed by atoms with E-state index < -0.39 is 0 Å². The Morgan fingerprint density at radius 1 is 1.47 bits per heavy atom. The number of aliphatic hydroxyl groups is 1. The van der Waals surface area contributed by atoms with Crippen LogP contribution in [0.5, 0.6) is 0 Å². The van der Waals surface area contributed by atoms with Crippen molar-refractivity contribution < 1.29 is 5.11 Å². The number of hydrogen-bond donors (Lipinski definition) is 2. The van der Waals surface area contributed by atoms with Crippen LogP contribution in [-0.2, 0) is 0 Å². The Hall–Kier alpha value is 0.270. The molecule has 1 rings (SSSR count). The number of rotatable bonds is 8. The third-order valence-electron chi connectivity index (χ3n) is 2.73. The van der Waals surface area contributed by atoms with Gasteiger partial charge in [0.05, 0.1) is 6.61 Å². The summed E-state index contributed by atoms with van der Waals surface area (Å²) in [5, 5.41) is 12.9. The van der Waals surface area contributed by atoms with Gasteiger partial charge in [-0.05, 0) is 43.6 Å². The molecule has 1 fully saturated rings. The van der Waals surface area contributed by atoms with E-state index in [1.165, 1.54) is 18.6 Å². The summed E-state index contributed by atoms with van der Waals surface area (Å²) >= 11 is 2.00. The Balaban J connectivity index is 2.13. The quantitative estimate of drug-likeness (QED) is 0.629. The molecule has 0 aromatic carbocycles. The molecule has 1 unspecified atom stereocenters. The monoisotopic (exact) mass is 231 g/mol. The van der Waals surface area contributed by atoms with Gasteiger partial charge in [-0.2, -0.15) is 11.8 Å². The second-order valence-corrected chi connectivity index (χ2v) is 6.51. The molecule has 0 radical (unpaired) electrons. The fraction of sp³-hybridized carbons (Fsp3) is 1.00. The summed E-state index contributed by atoms with van der Waals surface area (Å²) < 4.78 is 0. The maximum absolute atomic E-state index is 9.40. The molecule has 1 aliphatic carbocycles. The van der Waals surface area contributed by atoms with Crippen molar-refractivity contribution >= 4 is 11.8 Å². The summed E-state index contributed by atoms with van der Waals surface area (Å²) in [5.41, 5.74) is -0.0505. The van der Waals surface area contributed by atoms with Gasteiger partial charge in [-0.15, -0.1) is 0 Å². The fourth-order valence-electron chi connectivity index (χ4n) is 1.53. The molecule has 1 aliphatic rings. The molecule has 0 spiro atoms. The number of hydrogen-bond acceptors (Lipinski definition) is 3. The van der Waals surface area contributed by atoms with E-state index in [1.54, 1.807) is 0 Å². The van der Waals surface area contributed by atoms with Gasteiger partial charge in [-0.3, -0.25) is 0 Å². The Morgan fingerprint density at radius 3 is 2.60 bits per heavy atom. The van der Waals surface area contributed by atoms with Gasteiger partial charge in [-0.1, -0.05) is 13.8 Å². The van der Waals surface area contributed by atoms with Gasteiger partial charge in [0.1, 0.15) is 0 Å². The van der Waals surface area contributed by atoms with Crippen molar-refractivity contribution in [3.63, 3.8) is 0 Å². The van der Waals surface area contributed by atoms with Crippen molar-refractivity contribution in [2.75, 3.05) is 18.1 Å². The van der Waals surface area contributed by atoms with Crippen LogP contribution in [0.4, 0.5) is 0 Å². The normalized spacial score (nSPS) is 20.6. The van der Waals surface area contributed by atoms with Crippen molar-refractivity contribution in [1.82, 2.24) is 5.32 Å². The van der Waals surface area contributed by atoms with Gasteiger partial charge in [0.2, 0.25) is 0 Å². The fourth-order valence-corrected chi connectivity index (χ4v) is 2.77. The highest BCUT2D eigenvalue weighted by Gasteiger charge is 2.31. The average molecular weight is 231 g/mol. The SMILES string of the molecule is CC(C)CSCCC(C)(CO)NC1CC1. The summed E-state index contributed by atoms with van der Waals surface area (Å²) in [6.45, 7) is 6.90. The Morgan fingerprint density at radius 2 is 2.13 bits per heavy atom. The van der Waals surface area contributed by atoms with Crippen molar-refractivity contribution in [2.24, 2.45) is 5.92 Å². The van der Waals surface area contributed by atoms with E-state index in [4.69, 9.17) is 0 Å². The van der Waals surface area contributed by atoms with Crippen LogP contribution in [0.1, 0.15) is 40.0 Å². The maximum atomic E-state index is 9.40. The molecule has 0 amide bonds. The molecule has 2 N–H and O–H groups in total. The highest BCUT2D eigenvalue weighted by molar-refractivity contribution is 7.99. The van der Waals surface area contributed by atoms with Crippen LogP contribution in [0.15, 0.2) is 0 Å². The zero-order valence-corrected chi connectivity index (χ0v) is 11.1. The van der Waals surface area contributed by atoms with Crippen LogP contribution in [0, 0.1) is 5.92 Å². The van der Waals surface area contributed by atoms with Gasteiger partial charge in [0, 0.05) is 11.6 Å². The molecule has 3 heteroatoms. The summed E-state index contributed by atoms with van der Waals surface area (Å²) in [5.74, 6) is 3.15. The van der Waals surface area contributed by atoms with E-state index in [-0.39, 0.29) is 12.1 Å². The third-order valence-corrected chi connectivity index (χ3v) is 4.12. The zero-order chi connectivity index (χ0) is 11.3. The topological polar surface area (TPSA) is 32.3 Å². The molecule has 0 saturated heterocycles. The maximum Gasteiger partial charge on any atom is 0.0610 e. The first kappa shape index (κ1) is 13.3. The Labute approximate surface area is 98.2 Å². The second kappa shape index (κ2) is 6.12. The summed E-state index contributed by atoms with van der Waals surface area (Å²) in [6.07, 6.45) is 3.64. The minimum atomic E-state index is -0.0505. The smallest absolute Gasteiger partial charge is 0.0610 e. The predicted molar refractivity (Wildman–Crippen MR) is 68.4 cm³/mol. The summed E-state index contributed by atoms with van der Waals surface area (Å²) in [7, 11) is 0. The lowest BCUT2D eigenvalue weighted by molar-refractivity contribution is 0.169. The van der Waals surface area contributed by atoms with Gasteiger partial charge < -0.3 is 10.4 Å². The van der Waals surface area contributed by atoms with Crippen LogP contribution in [0.2, 0.25) is 0 Å². The molecule has 1 saturated carbocycles. The van der Waals surface area contributed by atoms with Gasteiger partial charge in [-0.25, -0.2) is 0 Å². The van der Waals surface area contributed by atoms with Crippen molar-refractivity contribution in [2.45, 2.75) is 51.6 Å². The third kappa shape index (κ3) is 5.79. The molecular formula is C12H25NOS. The van der Waals surface area contributed by atoms with Crippen LogP contribution in [0.3, 0.4) is 0 Å². The lowest BCUT2D eigenvalue weighted by Crippen LogP contribution is -2.47. The van der Waals surface area contributed by atoms with Crippen molar-refractivity contribution in [3.8, 4) is 0 Å². The molecule has 2 nitrogen and oxygen atoms in total. The molecule has 15 heavy (non-hydrogen) atoms. The van der Waals surface area contributed by atoms with E-state index in [2.05, 4.69) is 26.1 Å². The van der Waals surface area contributed by atoms with E-state index >= 15 is 0 Å². The van der Waals surface area contributed by atoms with Crippen LogP contribution < -0.4 is 5.32 Å². The summed E-state index contributed by atoms with van der Waals surface area (Å²) in [4.78, 5) is 0. The molecule has 0 aromatic rings. The zero-order valence-electron chi connectivity index (χ0n) is 10.3. The minimum Gasteiger partial charge on any atom is -0.394 e. The summed E-state index contributed by atoms with van der Waals surface area (Å²) in [6, 6.07) is 0.678. The number of nitrogens with one attached hydrogen (secondary N) is 1. The highest BCUT2D eigenvalue weighted by atomic mass is 32.2. The van der Waals surface area contributed by atoms with Gasteiger partial charge in [0.15, 0.2) is 0 Å². The largest absolute Gasteiger partial charge is 0.394 e. The van der Waals surface area contributed by atoms with Gasteiger partial charge in [0.25, 0.3) is 0 Å². The van der Waals surface area contributed by atoms with Crippen LogP contribution >= 0.6 is 11.8 Å². The standard InChI is InChI=1S/C12H25NOS/c1-10(2)8-15-7-6-12(3,9-14)13-11-4-5-11/h10-11,13-14H,4-9H2,1-3H3. The van der Waals surface area contributed by atoms with Gasteiger partial charge >= 0.3 is 0 Å². The molecule has 1 atom stereocenters. The second-order valence-electron chi connectivity index (χ2n) is 5.36. The minimum absolute atomic E-state index is 0.0505. The van der Waals surface area contributed by atoms with E-state index in [9.17, 15) is 5.11 Å². The molecule has 0 aliphatic heterocycles. The average Bonchev–Trinajstić information content (AvgIpc) is 2.96. The van der Waals surface area contributed by atoms with Crippen LogP contribution in [0.25, 0.3) is 0 Å². The Bertz CT molecular complexity index is 182. The molecule has 0 aromatic heterocycles. The first-order chi connectivity index (χ1) is 7.06. The lowest BCUT2D eigenvalue weighted by atomic mass is 10.0. The van der Waals surface area contributed by atoms with E-state index in [0.717, 1.165) is 18.1 Å². The highest BCUT2D eigenvalue weighted by Crippen LogP contribution is 2.25. The molecular weight excluding hydrogens is 206 g/mol. The predicted octanol–water partition coefficient (Wildman–Crippen LogP) is 2.27. The Kier molecular flexibility index (Phi) is 5.44. The first-order valence-corrected chi connectivity index (χ1v) is 7.17. The van der Waals surface area contributed by atoms with E-state index in [1.807, 2.05) is 11.8 Å². The van der Waals surface area contributed by atoms with Crippen molar-refractivity contribution in [1.29, 1.82) is 0 Å². The molecule has 90 valence electrons. The molecule has 0 heterocycles. The lowest BCUT2D eigenvalue weighted by Gasteiger charge is -2.29. The molecule has 0 bridgehead atoms. The number of thioether (sulfide) groups is 1. The first-order valence-electron chi connectivity index (χ1n) is 6.02.